The number of amides is 2. The highest BCUT2D eigenvalue weighted by molar-refractivity contribution is 7.92. The summed E-state index contributed by atoms with van der Waals surface area (Å²) in [6, 6.07) is 19.7. The Morgan fingerprint density at radius 3 is 2.32 bits per heavy atom. The number of halogens is 2. The van der Waals surface area contributed by atoms with E-state index in [9.17, 15) is 22.4 Å². The van der Waals surface area contributed by atoms with Crippen LogP contribution in [0.1, 0.15) is 42.4 Å². The van der Waals surface area contributed by atoms with Crippen LogP contribution in [0, 0.1) is 12.7 Å². The van der Waals surface area contributed by atoms with Crippen molar-refractivity contribution in [3.63, 3.8) is 0 Å². The van der Waals surface area contributed by atoms with E-state index in [0.29, 0.717) is 0 Å². The maximum atomic E-state index is 14.1. The van der Waals surface area contributed by atoms with Crippen molar-refractivity contribution in [2.45, 2.75) is 57.7 Å². The highest BCUT2D eigenvalue weighted by atomic mass is 35.5. The minimum absolute atomic E-state index is 0.0329. The normalized spacial score (nSPS) is 14.4. The van der Waals surface area contributed by atoms with Crippen LogP contribution in [0.25, 0.3) is 0 Å². The van der Waals surface area contributed by atoms with Gasteiger partial charge in [-0.15, -0.1) is 0 Å². The van der Waals surface area contributed by atoms with Crippen LogP contribution in [0.5, 0.6) is 0 Å². The molecule has 218 valence electrons. The molecular formula is C31H35ClFN3O4S. The first kappa shape index (κ1) is 30.5. The summed E-state index contributed by atoms with van der Waals surface area (Å²) in [6.07, 6.45) is 5.04. The van der Waals surface area contributed by atoms with Crippen LogP contribution >= 0.6 is 11.6 Å². The number of aryl methyl sites for hydroxylation is 1. The number of hydrogen-bond acceptors (Lipinski definition) is 4. The molecule has 1 atom stereocenters. The van der Waals surface area contributed by atoms with Gasteiger partial charge in [-0.3, -0.25) is 13.9 Å². The van der Waals surface area contributed by atoms with Crippen molar-refractivity contribution in [2.24, 2.45) is 0 Å². The van der Waals surface area contributed by atoms with E-state index in [1.807, 2.05) is 61.5 Å². The first-order valence-corrected chi connectivity index (χ1v) is 15.9. The van der Waals surface area contributed by atoms with Gasteiger partial charge in [-0.2, -0.15) is 0 Å². The smallest absolute Gasteiger partial charge is 0.244 e. The van der Waals surface area contributed by atoms with E-state index in [1.165, 1.54) is 17.0 Å². The molecule has 1 aliphatic carbocycles. The van der Waals surface area contributed by atoms with Gasteiger partial charge < -0.3 is 10.2 Å². The van der Waals surface area contributed by atoms with E-state index in [-0.39, 0.29) is 35.6 Å². The second kappa shape index (κ2) is 13.5. The summed E-state index contributed by atoms with van der Waals surface area (Å²) in [6.45, 7) is 1.44. The van der Waals surface area contributed by atoms with Crippen molar-refractivity contribution < 1.29 is 22.4 Å². The summed E-state index contributed by atoms with van der Waals surface area (Å²) < 4.78 is 40.5. The highest BCUT2D eigenvalue weighted by Crippen LogP contribution is 2.26. The molecule has 3 aromatic carbocycles. The molecule has 0 saturated heterocycles. The summed E-state index contributed by atoms with van der Waals surface area (Å²) in [5, 5.41) is 2.87. The molecule has 0 aliphatic heterocycles. The Labute approximate surface area is 246 Å². The molecule has 0 aromatic heterocycles. The van der Waals surface area contributed by atoms with Crippen LogP contribution in [0.15, 0.2) is 72.8 Å². The fraction of sp³-hybridized carbons (Fsp3) is 0.355. The number of anilines is 1. The molecule has 0 spiro atoms. The Bertz CT molecular complexity index is 1480. The lowest BCUT2D eigenvalue weighted by molar-refractivity contribution is -0.140. The third-order valence-corrected chi connectivity index (χ3v) is 8.71. The van der Waals surface area contributed by atoms with E-state index >= 15 is 0 Å². The Hall–Kier alpha value is -3.43. The van der Waals surface area contributed by atoms with Crippen LogP contribution in [-0.2, 0) is 32.6 Å². The third kappa shape index (κ3) is 8.30. The molecule has 0 unspecified atom stereocenters. The highest BCUT2D eigenvalue weighted by Gasteiger charge is 2.34. The van der Waals surface area contributed by atoms with Gasteiger partial charge in [0, 0.05) is 19.0 Å². The minimum Gasteiger partial charge on any atom is -0.352 e. The predicted octanol–water partition coefficient (Wildman–Crippen LogP) is 5.25. The fourth-order valence-electron chi connectivity index (χ4n) is 5.18. The lowest BCUT2D eigenvalue weighted by Crippen LogP contribution is -2.54. The largest absolute Gasteiger partial charge is 0.352 e. The first-order chi connectivity index (χ1) is 19.5. The maximum Gasteiger partial charge on any atom is 0.244 e. The first-order valence-electron chi connectivity index (χ1n) is 13.6. The molecule has 0 heterocycles. The van der Waals surface area contributed by atoms with Gasteiger partial charge in [0.1, 0.15) is 18.4 Å². The number of nitrogens with one attached hydrogen (secondary N) is 1. The molecule has 10 heteroatoms. The second-order valence-electron chi connectivity index (χ2n) is 10.6. The summed E-state index contributed by atoms with van der Waals surface area (Å²) in [4.78, 5) is 29.4. The van der Waals surface area contributed by atoms with Crippen molar-refractivity contribution in [3.8, 4) is 0 Å². The number of carbonyl (C=O) groups is 2. The molecule has 0 bridgehead atoms. The van der Waals surface area contributed by atoms with Crippen molar-refractivity contribution in [3.05, 3.63) is 100 Å². The summed E-state index contributed by atoms with van der Waals surface area (Å²) >= 11 is 5.95. The molecular weight excluding hydrogens is 565 g/mol. The van der Waals surface area contributed by atoms with Gasteiger partial charge in [0.05, 0.1) is 17.0 Å². The topological polar surface area (TPSA) is 86.8 Å². The Morgan fingerprint density at radius 1 is 1.00 bits per heavy atom. The van der Waals surface area contributed by atoms with Gasteiger partial charge >= 0.3 is 0 Å². The van der Waals surface area contributed by atoms with Crippen LogP contribution < -0.4 is 9.62 Å². The van der Waals surface area contributed by atoms with Crippen LogP contribution in [-0.4, -0.2) is 50.0 Å². The van der Waals surface area contributed by atoms with Crippen molar-refractivity contribution in [1.29, 1.82) is 0 Å². The van der Waals surface area contributed by atoms with E-state index in [0.717, 1.165) is 59.0 Å². The van der Waals surface area contributed by atoms with Crippen LogP contribution in [0.4, 0.5) is 10.1 Å². The Kier molecular flexibility index (Phi) is 10.0. The standard InChI is InChI=1S/C31H35ClFN3O4S/c1-22-9-8-12-24(17-22)20-35(30(37)21-36(41(2,39)40)26-15-16-28(33)27(32)19-26)29(18-23-10-4-3-5-11-23)31(38)34-25-13-6-7-14-25/h3-5,8-12,15-17,19,25,29H,6-7,13-14,18,20-21H2,1-2H3,(H,34,38)/t29-/m1/s1. The van der Waals surface area contributed by atoms with E-state index in [2.05, 4.69) is 5.32 Å². The summed E-state index contributed by atoms with van der Waals surface area (Å²) in [5.74, 6) is -1.56. The SMILES string of the molecule is Cc1cccc(CN(C(=O)CN(c2ccc(F)c(Cl)c2)S(C)(=O)=O)[C@H](Cc2ccccc2)C(=O)NC2CCCC2)c1. The van der Waals surface area contributed by atoms with Crippen molar-refractivity contribution in [1.82, 2.24) is 10.2 Å². The monoisotopic (exact) mass is 599 g/mol. The molecule has 1 aliphatic rings. The molecule has 41 heavy (non-hydrogen) atoms. The number of sulfonamides is 1. The zero-order valence-electron chi connectivity index (χ0n) is 23.2. The lowest BCUT2D eigenvalue weighted by atomic mass is 10.0. The predicted molar refractivity (Wildman–Crippen MR) is 160 cm³/mol. The molecule has 1 fully saturated rings. The number of hydrogen-bond donors (Lipinski definition) is 1. The molecule has 4 rings (SSSR count). The summed E-state index contributed by atoms with van der Waals surface area (Å²) in [5.41, 5.74) is 2.72. The van der Waals surface area contributed by atoms with E-state index < -0.39 is 34.3 Å². The number of benzene rings is 3. The molecule has 2 amide bonds. The van der Waals surface area contributed by atoms with Crippen molar-refractivity contribution >= 4 is 39.1 Å². The molecule has 7 nitrogen and oxygen atoms in total. The molecule has 3 aromatic rings. The third-order valence-electron chi connectivity index (χ3n) is 7.28. The lowest BCUT2D eigenvalue weighted by Gasteiger charge is -2.34. The number of nitrogens with zero attached hydrogens (tertiary/aromatic N) is 2. The van der Waals surface area contributed by atoms with Gasteiger partial charge in [-0.25, -0.2) is 12.8 Å². The minimum atomic E-state index is -3.98. The quantitative estimate of drug-likeness (QED) is 0.326. The molecule has 1 saturated carbocycles. The summed E-state index contributed by atoms with van der Waals surface area (Å²) in [7, 11) is -3.98. The fourth-order valence-corrected chi connectivity index (χ4v) is 6.20. The maximum absolute atomic E-state index is 14.1. The molecule has 0 radical (unpaired) electrons. The van der Waals surface area contributed by atoms with Gasteiger partial charge in [-0.1, -0.05) is 84.6 Å². The van der Waals surface area contributed by atoms with Crippen LogP contribution in [0.3, 0.4) is 0 Å². The van der Waals surface area contributed by atoms with Gasteiger partial charge in [0.2, 0.25) is 21.8 Å². The Morgan fingerprint density at radius 2 is 1.68 bits per heavy atom. The number of rotatable bonds is 11. The molecule has 1 N–H and O–H groups in total. The number of carbonyl (C=O) groups excluding carboxylic acids is 2. The van der Waals surface area contributed by atoms with E-state index in [4.69, 9.17) is 11.6 Å². The van der Waals surface area contributed by atoms with Gasteiger partial charge in [-0.05, 0) is 49.1 Å². The average Bonchev–Trinajstić information content (AvgIpc) is 3.44. The second-order valence-corrected chi connectivity index (χ2v) is 12.9. The van der Waals surface area contributed by atoms with Crippen LogP contribution in [0.2, 0.25) is 5.02 Å². The van der Waals surface area contributed by atoms with E-state index in [1.54, 1.807) is 0 Å². The van der Waals surface area contributed by atoms with Gasteiger partial charge in [0.15, 0.2) is 0 Å². The average molecular weight is 600 g/mol. The van der Waals surface area contributed by atoms with Gasteiger partial charge in [0.25, 0.3) is 0 Å². The Balaban J connectivity index is 1.73. The zero-order valence-corrected chi connectivity index (χ0v) is 24.8. The van der Waals surface area contributed by atoms with Crippen molar-refractivity contribution in [2.75, 3.05) is 17.1 Å². The zero-order chi connectivity index (χ0) is 29.6.